The van der Waals surface area contributed by atoms with Gasteiger partial charge in [0.1, 0.15) is 0 Å². The van der Waals surface area contributed by atoms with Gasteiger partial charge in [-0.25, -0.2) is 0 Å². The smallest absolute Gasteiger partial charge is 0.0611 e. The largest absolute Gasteiger partial charge is 0.397 e. The third-order valence-electron chi connectivity index (χ3n) is 2.82. The summed E-state index contributed by atoms with van der Waals surface area (Å²) in [4.78, 5) is 0. The second-order valence-corrected chi connectivity index (χ2v) is 5.53. The Hall–Kier alpha value is -2.20. The van der Waals surface area contributed by atoms with Gasteiger partial charge in [0.15, 0.2) is 0 Å². The van der Waals surface area contributed by atoms with Crippen molar-refractivity contribution in [3.8, 4) is 0 Å². The van der Waals surface area contributed by atoms with E-state index in [2.05, 4.69) is 52.7 Å². The Labute approximate surface area is 141 Å². The lowest BCUT2D eigenvalue weighted by Gasteiger charge is -2.09. The molecule has 1 unspecified atom stereocenters. The van der Waals surface area contributed by atoms with Gasteiger partial charge in [0, 0.05) is 22.4 Å². The highest BCUT2D eigenvalue weighted by Gasteiger charge is 1.97. The molecule has 0 fully saturated rings. The zero-order valence-electron chi connectivity index (χ0n) is 12.7. The Morgan fingerprint density at radius 1 is 1.27 bits per heavy atom. The van der Waals surface area contributed by atoms with Crippen LogP contribution >= 0.6 is 15.9 Å². The van der Waals surface area contributed by atoms with E-state index in [1.54, 1.807) is 12.2 Å². The van der Waals surface area contributed by atoms with E-state index in [0.29, 0.717) is 11.7 Å². The molecule has 0 aromatic heterocycles. The van der Waals surface area contributed by atoms with Crippen LogP contribution in [0.3, 0.4) is 0 Å². The van der Waals surface area contributed by atoms with Gasteiger partial charge in [-0.3, -0.25) is 0 Å². The van der Waals surface area contributed by atoms with Crippen molar-refractivity contribution >= 4 is 21.6 Å². The topological polar surface area (TPSA) is 50.1 Å². The van der Waals surface area contributed by atoms with Crippen molar-refractivity contribution in [3.05, 3.63) is 89.9 Å². The van der Waals surface area contributed by atoms with Gasteiger partial charge < -0.3 is 16.4 Å². The molecule has 2 rings (SSSR count). The van der Waals surface area contributed by atoms with Crippen LogP contribution in [0, 0.1) is 0 Å². The van der Waals surface area contributed by atoms with E-state index in [-0.39, 0.29) is 0 Å². The molecular formula is C18H22BrN3. The number of anilines is 1. The minimum Gasteiger partial charge on any atom is -0.397 e. The first kappa shape index (κ1) is 17.9. The van der Waals surface area contributed by atoms with Crippen molar-refractivity contribution in [1.29, 1.82) is 0 Å². The zero-order valence-corrected chi connectivity index (χ0v) is 14.3. The Morgan fingerprint density at radius 3 is 2.41 bits per heavy atom. The van der Waals surface area contributed by atoms with Crippen molar-refractivity contribution in [2.24, 2.45) is 5.73 Å². The Morgan fingerprint density at radius 2 is 1.95 bits per heavy atom. The fourth-order valence-electron chi connectivity index (χ4n) is 1.58. The number of hydrogen-bond acceptors (Lipinski definition) is 3. The summed E-state index contributed by atoms with van der Waals surface area (Å²) in [5.41, 5.74) is 8.04. The molecule has 116 valence electrons. The lowest BCUT2D eigenvalue weighted by Crippen LogP contribution is -2.19. The molecule has 0 saturated heterocycles. The van der Waals surface area contributed by atoms with E-state index in [1.165, 1.54) is 0 Å². The number of benzene rings is 1. The predicted molar refractivity (Wildman–Crippen MR) is 100 cm³/mol. The van der Waals surface area contributed by atoms with E-state index >= 15 is 0 Å². The maximum Gasteiger partial charge on any atom is 0.0611 e. The molecule has 1 aromatic carbocycles. The van der Waals surface area contributed by atoms with Crippen LogP contribution in [0.25, 0.3) is 0 Å². The van der Waals surface area contributed by atoms with E-state index < -0.39 is 0 Å². The summed E-state index contributed by atoms with van der Waals surface area (Å²) in [5.74, 6) is 0. The van der Waals surface area contributed by atoms with Crippen molar-refractivity contribution < 1.29 is 0 Å². The average molecular weight is 360 g/mol. The Balaban J connectivity index is 0.000000255. The van der Waals surface area contributed by atoms with Crippen LogP contribution in [0.15, 0.2) is 89.9 Å². The second-order valence-electron chi connectivity index (χ2n) is 4.61. The molecule has 1 aliphatic heterocycles. The standard InChI is InChI=1S/C12H14N2.C6H8BrN/c1-3-11(13)12(4-2)14-10-8-6-5-7-9-10;1-5-2-3-6(7)4-8-5/h3-9,14H,1-2,13H2;2-5,8H,1H3/b12-11-;. The third-order valence-corrected chi connectivity index (χ3v) is 3.31. The van der Waals surface area contributed by atoms with Gasteiger partial charge in [-0.15, -0.1) is 0 Å². The average Bonchev–Trinajstić information content (AvgIpc) is 2.56. The first-order chi connectivity index (χ1) is 10.6. The van der Waals surface area contributed by atoms with Gasteiger partial charge in [-0.1, -0.05) is 37.4 Å². The molecule has 0 aliphatic carbocycles. The molecule has 4 heteroatoms. The predicted octanol–water partition coefficient (Wildman–Crippen LogP) is 4.41. The summed E-state index contributed by atoms with van der Waals surface area (Å²) in [6, 6.07) is 10.3. The molecule has 0 amide bonds. The van der Waals surface area contributed by atoms with Gasteiger partial charge in [0.2, 0.25) is 0 Å². The van der Waals surface area contributed by atoms with Crippen LogP contribution in [0.4, 0.5) is 5.69 Å². The van der Waals surface area contributed by atoms with E-state index in [9.17, 15) is 0 Å². The SMILES string of the molecule is C=C/C(N)=C(\C=C)Nc1ccccc1.CC1C=CC(Br)=CN1. The van der Waals surface area contributed by atoms with Crippen LogP contribution in [-0.4, -0.2) is 6.04 Å². The molecule has 1 atom stereocenters. The van der Waals surface area contributed by atoms with Crippen LogP contribution in [0.1, 0.15) is 6.92 Å². The number of para-hydroxylation sites is 1. The van der Waals surface area contributed by atoms with Crippen molar-refractivity contribution in [1.82, 2.24) is 5.32 Å². The van der Waals surface area contributed by atoms with Crippen molar-refractivity contribution in [2.75, 3.05) is 5.32 Å². The first-order valence-corrected chi connectivity index (χ1v) is 7.72. The normalized spacial score (nSPS) is 17.0. The minimum absolute atomic E-state index is 0.483. The lowest BCUT2D eigenvalue weighted by molar-refractivity contribution is 0.760. The second kappa shape index (κ2) is 9.68. The molecule has 4 N–H and O–H groups in total. The fourth-order valence-corrected chi connectivity index (χ4v) is 1.86. The number of nitrogens with two attached hydrogens (primary N) is 1. The summed E-state index contributed by atoms with van der Waals surface area (Å²) >= 11 is 3.33. The first-order valence-electron chi connectivity index (χ1n) is 6.93. The molecule has 3 nitrogen and oxygen atoms in total. The Kier molecular flexibility index (Phi) is 7.86. The van der Waals surface area contributed by atoms with Gasteiger partial charge in [0.05, 0.1) is 11.4 Å². The van der Waals surface area contributed by atoms with Crippen LogP contribution < -0.4 is 16.4 Å². The maximum atomic E-state index is 5.70. The summed E-state index contributed by atoms with van der Waals surface area (Å²) in [7, 11) is 0. The molecule has 1 aromatic rings. The lowest BCUT2D eigenvalue weighted by atomic mass is 10.2. The monoisotopic (exact) mass is 359 g/mol. The van der Waals surface area contributed by atoms with Gasteiger partial charge in [-0.2, -0.15) is 0 Å². The molecule has 1 aliphatic rings. The number of allylic oxidation sites excluding steroid dienone is 4. The van der Waals surface area contributed by atoms with Gasteiger partial charge in [0.25, 0.3) is 0 Å². The Bertz CT molecular complexity index is 586. The molecule has 0 spiro atoms. The molecule has 22 heavy (non-hydrogen) atoms. The van der Waals surface area contributed by atoms with Crippen molar-refractivity contribution in [3.63, 3.8) is 0 Å². The van der Waals surface area contributed by atoms with Crippen LogP contribution in [0.2, 0.25) is 0 Å². The highest BCUT2D eigenvalue weighted by Crippen LogP contribution is 2.11. The summed E-state index contributed by atoms with van der Waals surface area (Å²) in [6.07, 6.45) is 9.35. The van der Waals surface area contributed by atoms with E-state index in [4.69, 9.17) is 5.73 Å². The number of rotatable bonds is 4. The minimum atomic E-state index is 0.483. The molecular weight excluding hydrogens is 338 g/mol. The number of dihydropyridines is 1. The number of halogens is 1. The van der Waals surface area contributed by atoms with Crippen molar-refractivity contribution in [2.45, 2.75) is 13.0 Å². The quantitative estimate of drug-likeness (QED) is 0.697. The summed E-state index contributed by atoms with van der Waals surface area (Å²) < 4.78 is 1.11. The zero-order chi connectivity index (χ0) is 16.4. The molecule has 0 saturated carbocycles. The number of hydrogen-bond donors (Lipinski definition) is 3. The summed E-state index contributed by atoms with van der Waals surface area (Å²) in [6.45, 7) is 9.38. The number of nitrogens with one attached hydrogen (secondary N) is 2. The fraction of sp³-hybridized carbons (Fsp3) is 0.111. The summed E-state index contributed by atoms with van der Waals surface area (Å²) in [5, 5.41) is 6.28. The van der Waals surface area contributed by atoms with Crippen LogP contribution in [0.5, 0.6) is 0 Å². The molecule has 1 heterocycles. The van der Waals surface area contributed by atoms with E-state index in [0.717, 1.165) is 15.9 Å². The van der Waals surface area contributed by atoms with E-state index in [1.807, 2.05) is 42.6 Å². The highest BCUT2D eigenvalue weighted by atomic mass is 79.9. The molecule has 0 bridgehead atoms. The third kappa shape index (κ3) is 6.50. The molecule has 0 radical (unpaired) electrons. The van der Waals surface area contributed by atoms with Gasteiger partial charge in [-0.05, 0) is 53.2 Å². The van der Waals surface area contributed by atoms with Crippen LogP contribution in [-0.2, 0) is 0 Å². The van der Waals surface area contributed by atoms with Gasteiger partial charge >= 0.3 is 0 Å². The maximum absolute atomic E-state index is 5.70. The highest BCUT2D eigenvalue weighted by molar-refractivity contribution is 9.11.